The summed E-state index contributed by atoms with van der Waals surface area (Å²) in [5.41, 5.74) is 3.42. The summed E-state index contributed by atoms with van der Waals surface area (Å²) in [6.45, 7) is 15.9. The molecular weight excluding hydrogens is 408 g/mol. The number of aldehydes is 1. The summed E-state index contributed by atoms with van der Waals surface area (Å²) in [6, 6.07) is 0. The van der Waals surface area contributed by atoms with Gasteiger partial charge in [-0.3, -0.25) is 9.59 Å². The molecule has 0 saturated heterocycles. The third-order valence-electron chi connectivity index (χ3n) is 11.6. The molecule has 0 amide bonds. The molecule has 33 heavy (non-hydrogen) atoms. The number of hydrogen-bond acceptors (Lipinski definition) is 3. The van der Waals surface area contributed by atoms with Crippen LogP contribution in [0.25, 0.3) is 0 Å². The summed E-state index contributed by atoms with van der Waals surface area (Å²) in [7, 11) is 0. The summed E-state index contributed by atoms with van der Waals surface area (Å²) in [5.74, 6) is 1.81. The van der Waals surface area contributed by atoms with Gasteiger partial charge in [0, 0.05) is 17.4 Å². The summed E-state index contributed by atoms with van der Waals surface area (Å²) >= 11 is 0. The van der Waals surface area contributed by atoms with E-state index in [1.54, 1.807) is 0 Å². The monoisotopic (exact) mass is 454 g/mol. The van der Waals surface area contributed by atoms with Crippen LogP contribution in [0.4, 0.5) is 0 Å². The smallest absolute Gasteiger partial charge is 0.159 e. The molecule has 0 unspecified atom stereocenters. The molecule has 0 bridgehead atoms. The number of carbonyl (C=O) groups excluding carboxylic acids is 2. The number of fused-ring (bicyclic) bond motifs is 4. The fourth-order valence-corrected chi connectivity index (χ4v) is 9.13. The molecule has 4 aliphatic rings. The van der Waals surface area contributed by atoms with Crippen molar-refractivity contribution in [1.82, 2.24) is 0 Å². The highest BCUT2D eigenvalue weighted by atomic mass is 16.3. The molecule has 7 atom stereocenters. The first kappa shape index (κ1) is 24.9. The Balaban J connectivity index is 1.68. The van der Waals surface area contributed by atoms with Gasteiger partial charge in [-0.15, -0.1) is 0 Å². The molecule has 2 saturated carbocycles. The minimum Gasteiger partial charge on any atom is -0.393 e. The van der Waals surface area contributed by atoms with Crippen molar-refractivity contribution in [3.63, 3.8) is 0 Å². The van der Waals surface area contributed by atoms with Crippen LogP contribution in [-0.2, 0) is 9.59 Å². The number of rotatable bonds is 5. The topological polar surface area (TPSA) is 54.4 Å². The van der Waals surface area contributed by atoms with Gasteiger partial charge in [0.25, 0.3) is 0 Å². The van der Waals surface area contributed by atoms with Gasteiger partial charge in [-0.1, -0.05) is 53.2 Å². The van der Waals surface area contributed by atoms with Crippen LogP contribution in [0, 0.1) is 39.4 Å². The maximum absolute atomic E-state index is 13.9. The third-order valence-corrected chi connectivity index (χ3v) is 11.6. The summed E-state index contributed by atoms with van der Waals surface area (Å²) in [5, 5.41) is 10.8. The predicted molar refractivity (Wildman–Crippen MR) is 134 cm³/mol. The van der Waals surface area contributed by atoms with Gasteiger partial charge in [0.05, 0.1) is 6.10 Å². The highest BCUT2D eigenvalue weighted by Gasteiger charge is 2.65. The summed E-state index contributed by atoms with van der Waals surface area (Å²) in [6.07, 6.45) is 11.7. The highest BCUT2D eigenvalue weighted by Crippen LogP contribution is 2.71. The maximum Gasteiger partial charge on any atom is 0.159 e. The fraction of sp³-hybridized carbons (Fsp3) is 0.800. The van der Waals surface area contributed by atoms with Gasteiger partial charge in [0.1, 0.15) is 6.29 Å². The number of hydrogen-bond donors (Lipinski definition) is 1. The quantitative estimate of drug-likeness (QED) is 0.365. The van der Waals surface area contributed by atoms with Crippen LogP contribution in [0.5, 0.6) is 0 Å². The number of carbonyl (C=O) groups is 2. The first-order valence-corrected chi connectivity index (χ1v) is 13.4. The predicted octanol–water partition coefficient (Wildman–Crippen LogP) is 6.84. The van der Waals surface area contributed by atoms with E-state index in [0.29, 0.717) is 24.0 Å². The van der Waals surface area contributed by atoms with E-state index in [2.05, 4.69) is 47.6 Å². The second kappa shape index (κ2) is 8.18. The van der Waals surface area contributed by atoms with Crippen LogP contribution in [0.2, 0.25) is 0 Å². The molecule has 2 fully saturated rings. The molecule has 4 rings (SSSR count). The van der Waals surface area contributed by atoms with E-state index in [-0.39, 0.29) is 33.7 Å². The van der Waals surface area contributed by atoms with Crippen LogP contribution in [0.3, 0.4) is 0 Å². The summed E-state index contributed by atoms with van der Waals surface area (Å²) in [4.78, 5) is 24.8. The van der Waals surface area contributed by atoms with Crippen LogP contribution in [-0.4, -0.2) is 23.3 Å². The molecule has 0 spiro atoms. The molecule has 0 heterocycles. The lowest BCUT2D eigenvalue weighted by Crippen LogP contribution is -2.57. The third kappa shape index (κ3) is 3.46. The molecular formula is C30H46O3. The van der Waals surface area contributed by atoms with Crippen LogP contribution in [0.1, 0.15) is 106 Å². The van der Waals surface area contributed by atoms with Crippen molar-refractivity contribution in [2.24, 2.45) is 39.4 Å². The Morgan fingerprint density at radius 3 is 2.48 bits per heavy atom. The average Bonchev–Trinajstić information content (AvgIpc) is 3.04. The molecule has 4 aliphatic carbocycles. The van der Waals surface area contributed by atoms with Crippen molar-refractivity contribution in [2.75, 3.05) is 0 Å². The van der Waals surface area contributed by atoms with Crippen LogP contribution < -0.4 is 0 Å². The van der Waals surface area contributed by atoms with E-state index in [9.17, 15) is 14.7 Å². The van der Waals surface area contributed by atoms with Crippen molar-refractivity contribution in [1.29, 1.82) is 0 Å². The van der Waals surface area contributed by atoms with E-state index in [4.69, 9.17) is 0 Å². The zero-order valence-electron chi connectivity index (χ0n) is 22.1. The van der Waals surface area contributed by atoms with E-state index in [0.717, 1.165) is 50.4 Å². The lowest BCUT2D eigenvalue weighted by Gasteiger charge is -2.61. The molecule has 184 valence electrons. The second-order valence-electron chi connectivity index (χ2n) is 13.3. The number of aliphatic hydroxyl groups excluding tert-OH is 1. The number of allylic oxidation sites excluding steroid dienone is 4. The lowest BCUT2D eigenvalue weighted by atomic mass is 9.43. The van der Waals surface area contributed by atoms with Gasteiger partial charge >= 0.3 is 0 Å². The minimum absolute atomic E-state index is 0.0389. The zero-order chi connectivity index (χ0) is 24.4. The largest absolute Gasteiger partial charge is 0.393 e. The van der Waals surface area contributed by atoms with Gasteiger partial charge in [0.15, 0.2) is 5.78 Å². The Morgan fingerprint density at radius 1 is 1.12 bits per heavy atom. The van der Waals surface area contributed by atoms with Gasteiger partial charge < -0.3 is 5.11 Å². The SMILES string of the molecule is C/C(C=O)=C\CC[C@@H](C)[C@H]1CC[C@@]2(C)C3=C(CC[C@]12C)[C@@]1(C)CC[C@H](O)C(C)(C)[C@H]1CC3=O. The normalized spacial score (nSPS) is 43.6. The van der Waals surface area contributed by atoms with Gasteiger partial charge in [-0.2, -0.15) is 0 Å². The Morgan fingerprint density at radius 2 is 1.82 bits per heavy atom. The number of ketones is 1. The Kier molecular flexibility index (Phi) is 6.17. The van der Waals surface area contributed by atoms with E-state index >= 15 is 0 Å². The van der Waals surface area contributed by atoms with Gasteiger partial charge in [-0.25, -0.2) is 0 Å². The molecule has 0 radical (unpaired) electrons. The standard InChI is InChI=1S/C30H46O3/c1-19(18-31)9-8-10-20(2)21-11-16-30(7)26-22(12-15-29(21,30)6)28(5)14-13-25(33)27(3,4)24(28)17-23(26)32/h9,18,20-21,24-25,33H,8,10-17H2,1-7H3/b19-9+/t20-,21-,24-,25+,28-,29-,30+/m1/s1. The van der Waals surface area contributed by atoms with Crippen molar-refractivity contribution in [3.8, 4) is 0 Å². The summed E-state index contributed by atoms with van der Waals surface area (Å²) < 4.78 is 0. The minimum atomic E-state index is -0.316. The lowest BCUT2D eigenvalue weighted by molar-refractivity contribution is -0.134. The van der Waals surface area contributed by atoms with Gasteiger partial charge in [0.2, 0.25) is 0 Å². The van der Waals surface area contributed by atoms with Crippen molar-refractivity contribution >= 4 is 12.1 Å². The van der Waals surface area contributed by atoms with Gasteiger partial charge in [-0.05, 0) is 97.9 Å². The van der Waals surface area contributed by atoms with Crippen molar-refractivity contribution in [3.05, 3.63) is 22.8 Å². The Bertz CT molecular complexity index is 894. The Hall–Kier alpha value is -1.22. The van der Waals surface area contributed by atoms with Crippen molar-refractivity contribution < 1.29 is 14.7 Å². The fourth-order valence-electron chi connectivity index (χ4n) is 9.13. The molecule has 0 aliphatic heterocycles. The number of Topliss-reactive ketones (excluding diaryl/α,β-unsaturated/α-hetero) is 1. The van der Waals surface area contributed by atoms with Crippen LogP contribution >= 0.6 is 0 Å². The van der Waals surface area contributed by atoms with Crippen molar-refractivity contribution in [2.45, 2.75) is 112 Å². The molecule has 0 aromatic carbocycles. The first-order chi connectivity index (χ1) is 15.3. The molecule has 0 aromatic rings. The van der Waals surface area contributed by atoms with Crippen LogP contribution in [0.15, 0.2) is 22.8 Å². The second-order valence-corrected chi connectivity index (χ2v) is 13.3. The van der Waals surface area contributed by atoms with E-state index in [1.165, 1.54) is 24.0 Å². The first-order valence-electron chi connectivity index (χ1n) is 13.4. The molecule has 0 aromatic heterocycles. The average molecular weight is 455 g/mol. The zero-order valence-corrected chi connectivity index (χ0v) is 22.1. The Labute approximate surface area is 201 Å². The molecule has 3 heteroatoms. The highest BCUT2D eigenvalue weighted by molar-refractivity contribution is 5.99. The maximum atomic E-state index is 13.9. The number of aliphatic hydroxyl groups is 1. The molecule has 3 nitrogen and oxygen atoms in total. The van der Waals surface area contributed by atoms with E-state index < -0.39 is 0 Å². The molecule has 1 N–H and O–H groups in total. The van der Waals surface area contributed by atoms with E-state index in [1.807, 2.05) is 6.92 Å².